The molecule has 0 aliphatic heterocycles. The van der Waals surface area contributed by atoms with E-state index in [1.165, 1.54) is 0 Å². The van der Waals surface area contributed by atoms with Crippen LogP contribution < -0.4 is 0 Å². The van der Waals surface area contributed by atoms with Gasteiger partial charge in [0.05, 0.1) is 23.5 Å². The Balaban J connectivity index is 1.77. The normalized spacial score (nSPS) is 11.2. The van der Waals surface area contributed by atoms with Crippen LogP contribution in [0.15, 0.2) is 30.6 Å². The molecular weight excluding hydrogens is 402 g/mol. The molecule has 9 heteroatoms. The van der Waals surface area contributed by atoms with Crippen LogP contribution in [0.25, 0.3) is 22.3 Å². The molecule has 8 nitrogen and oxygen atoms in total. The van der Waals surface area contributed by atoms with Gasteiger partial charge >= 0.3 is 0 Å². The zero-order valence-electron chi connectivity index (χ0n) is 17.3. The van der Waals surface area contributed by atoms with Crippen molar-refractivity contribution in [2.45, 2.75) is 33.9 Å². The monoisotopic (exact) mass is 423 g/mol. The number of hydrogen-bond donors (Lipinski definition) is 1. The van der Waals surface area contributed by atoms with Crippen molar-refractivity contribution in [1.29, 1.82) is 0 Å². The first kappa shape index (κ1) is 20.0. The lowest BCUT2D eigenvalue weighted by molar-refractivity contribution is 0.0781. The fourth-order valence-corrected chi connectivity index (χ4v) is 3.60. The fourth-order valence-electron chi connectivity index (χ4n) is 3.43. The third-order valence-electron chi connectivity index (χ3n) is 5.19. The Bertz CT molecular complexity index is 1240. The fraction of sp³-hybridized carbons (Fsp3) is 0.286. The Morgan fingerprint density at radius 2 is 2.03 bits per heavy atom. The number of nitrogens with zero attached hydrogens (tertiary/aromatic N) is 6. The minimum atomic E-state index is -0.212. The summed E-state index contributed by atoms with van der Waals surface area (Å²) in [4.78, 5) is 24.3. The molecule has 0 spiro atoms. The summed E-state index contributed by atoms with van der Waals surface area (Å²) in [5.74, 6) is 0.235. The number of aromatic amines is 1. The first-order valence-electron chi connectivity index (χ1n) is 9.63. The van der Waals surface area contributed by atoms with Crippen molar-refractivity contribution in [2.75, 3.05) is 7.05 Å². The van der Waals surface area contributed by atoms with Crippen molar-refractivity contribution >= 4 is 28.4 Å². The molecule has 3 aromatic heterocycles. The molecule has 3 heterocycles. The molecule has 0 saturated heterocycles. The molecular formula is C21H22ClN7O. The largest absolute Gasteiger partial charge is 0.336 e. The zero-order valence-corrected chi connectivity index (χ0v) is 18.0. The highest BCUT2D eigenvalue weighted by molar-refractivity contribution is 6.31. The number of aryl methyl sites for hydroxylation is 2. The van der Waals surface area contributed by atoms with Crippen molar-refractivity contribution in [3.63, 3.8) is 0 Å². The summed E-state index contributed by atoms with van der Waals surface area (Å²) in [5, 5.41) is 12.4. The number of H-pyrrole nitrogens is 1. The molecule has 30 heavy (non-hydrogen) atoms. The van der Waals surface area contributed by atoms with Gasteiger partial charge < -0.3 is 4.90 Å². The average Bonchev–Trinajstić information content (AvgIpc) is 3.32. The van der Waals surface area contributed by atoms with Gasteiger partial charge in [-0.15, -0.1) is 0 Å². The molecule has 0 saturated carbocycles. The number of carbonyl (C=O) groups excluding carboxylic acids is 1. The summed E-state index contributed by atoms with van der Waals surface area (Å²) >= 11 is 6.20. The Hall–Kier alpha value is -3.26. The number of amides is 1. The van der Waals surface area contributed by atoms with E-state index in [0.717, 1.165) is 29.1 Å². The van der Waals surface area contributed by atoms with Gasteiger partial charge in [0.25, 0.3) is 5.91 Å². The summed E-state index contributed by atoms with van der Waals surface area (Å²) in [6.07, 6.45) is 3.46. The Kier molecular flexibility index (Phi) is 5.26. The Labute approximate surface area is 178 Å². The highest BCUT2D eigenvalue weighted by atomic mass is 35.5. The second-order valence-corrected chi connectivity index (χ2v) is 7.63. The first-order chi connectivity index (χ1) is 14.4. The van der Waals surface area contributed by atoms with Gasteiger partial charge in [-0.1, -0.05) is 11.6 Å². The van der Waals surface area contributed by atoms with E-state index in [-0.39, 0.29) is 5.91 Å². The molecule has 0 atom stereocenters. The Morgan fingerprint density at radius 3 is 2.70 bits per heavy atom. The van der Waals surface area contributed by atoms with Crippen molar-refractivity contribution < 1.29 is 4.79 Å². The van der Waals surface area contributed by atoms with Crippen LogP contribution in [0.1, 0.15) is 34.4 Å². The van der Waals surface area contributed by atoms with E-state index in [0.29, 0.717) is 34.0 Å². The average molecular weight is 424 g/mol. The highest BCUT2D eigenvalue weighted by Crippen LogP contribution is 2.26. The van der Waals surface area contributed by atoms with Crippen molar-refractivity contribution in [2.24, 2.45) is 0 Å². The van der Waals surface area contributed by atoms with Gasteiger partial charge in [-0.3, -0.25) is 14.6 Å². The van der Waals surface area contributed by atoms with E-state index in [9.17, 15) is 4.79 Å². The third-order valence-corrected chi connectivity index (χ3v) is 5.42. The number of hydrogen-bond acceptors (Lipinski definition) is 5. The van der Waals surface area contributed by atoms with Crippen LogP contribution in [0, 0.1) is 13.8 Å². The van der Waals surface area contributed by atoms with E-state index in [1.54, 1.807) is 42.5 Å². The molecule has 1 N–H and O–H groups in total. The van der Waals surface area contributed by atoms with E-state index in [1.807, 2.05) is 25.5 Å². The molecule has 4 rings (SSSR count). The van der Waals surface area contributed by atoms with Crippen molar-refractivity contribution in [3.8, 4) is 11.4 Å². The molecule has 0 bridgehead atoms. The van der Waals surface area contributed by atoms with Crippen LogP contribution in [0.3, 0.4) is 0 Å². The van der Waals surface area contributed by atoms with Crippen LogP contribution in [0.4, 0.5) is 0 Å². The number of fused-ring (bicyclic) bond motifs is 1. The van der Waals surface area contributed by atoms with E-state index < -0.39 is 0 Å². The molecule has 0 unspecified atom stereocenters. The van der Waals surface area contributed by atoms with Gasteiger partial charge in [-0.25, -0.2) is 9.97 Å². The maximum atomic E-state index is 13.4. The molecule has 0 fully saturated rings. The second-order valence-electron chi connectivity index (χ2n) is 7.20. The third kappa shape index (κ3) is 3.54. The SMILES string of the molecule is CCn1ncc(CN(C)C(=O)c2nc(-c3cn[nH]c3C)nc3ccc(Cl)cc23)c1C. The van der Waals surface area contributed by atoms with Crippen LogP contribution in [-0.2, 0) is 13.1 Å². The van der Waals surface area contributed by atoms with Crippen molar-refractivity contribution in [3.05, 3.63) is 58.3 Å². The number of rotatable bonds is 5. The molecule has 4 aromatic rings. The van der Waals surface area contributed by atoms with Gasteiger partial charge in [-0.05, 0) is 39.0 Å². The van der Waals surface area contributed by atoms with E-state index >= 15 is 0 Å². The minimum Gasteiger partial charge on any atom is -0.336 e. The van der Waals surface area contributed by atoms with Gasteiger partial charge in [0, 0.05) is 47.5 Å². The zero-order chi connectivity index (χ0) is 21.4. The quantitative estimate of drug-likeness (QED) is 0.527. The smallest absolute Gasteiger partial charge is 0.273 e. The summed E-state index contributed by atoms with van der Waals surface area (Å²) in [6.45, 7) is 7.14. The lowest BCUT2D eigenvalue weighted by Gasteiger charge is -2.18. The molecule has 1 aromatic carbocycles. The van der Waals surface area contributed by atoms with Crippen molar-refractivity contribution in [1.82, 2.24) is 34.8 Å². The van der Waals surface area contributed by atoms with Gasteiger partial charge in [0.15, 0.2) is 5.82 Å². The first-order valence-corrected chi connectivity index (χ1v) is 10.0. The molecule has 154 valence electrons. The predicted molar refractivity (Wildman–Crippen MR) is 115 cm³/mol. The van der Waals surface area contributed by atoms with E-state index in [4.69, 9.17) is 11.6 Å². The number of carbonyl (C=O) groups is 1. The summed E-state index contributed by atoms with van der Waals surface area (Å²) in [6, 6.07) is 5.28. The van der Waals surface area contributed by atoms with Crippen LogP contribution in [0.5, 0.6) is 0 Å². The molecule has 1 amide bonds. The summed E-state index contributed by atoms with van der Waals surface area (Å²) in [5.41, 5.74) is 4.58. The number of benzene rings is 1. The number of nitrogens with one attached hydrogen (secondary N) is 1. The topological polar surface area (TPSA) is 92.6 Å². The van der Waals surface area contributed by atoms with Gasteiger partial charge in [-0.2, -0.15) is 10.2 Å². The van der Waals surface area contributed by atoms with Crippen LogP contribution in [0.2, 0.25) is 5.02 Å². The Morgan fingerprint density at radius 1 is 1.23 bits per heavy atom. The standard InChI is InChI=1S/C21H22ClN7O/c1-5-29-13(3)14(9-24-29)11-28(4)21(30)19-16-8-15(22)6-7-18(16)25-20(26-19)17-10-23-27-12(17)2/h6-10H,5,11H2,1-4H3,(H,23,27). The van der Waals surface area contributed by atoms with Gasteiger partial charge in [0.1, 0.15) is 5.69 Å². The minimum absolute atomic E-state index is 0.212. The highest BCUT2D eigenvalue weighted by Gasteiger charge is 2.22. The summed E-state index contributed by atoms with van der Waals surface area (Å²) < 4.78 is 1.91. The van der Waals surface area contributed by atoms with Crippen LogP contribution >= 0.6 is 11.6 Å². The maximum absolute atomic E-state index is 13.4. The summed E-state index contributed by atoms with van der Waals surface area (Å²) in [7, 11) is 1.76. The van der Waals surface area contributed by atoms with E-state index in [2.05, 4.69) is 25.3 Å². The van der Waals surface area contributed by atoms with Crippen LogP contribution in [-0.4, -0.2) is 47.8 Å². The lowest BCUT2D eigenvalue weighted by Crippen LogP contribution is -2.27. The maximum Gasteiger partial charge on any atom is 0.273 e. The predicted octanol–water partition coefficient (Wildman–Crippen LogP) is 3.78. The number of aromatic nitrogens is 6. The molecule has 0 aliphatic carbocycles. The lowest BCUT2D eigenvalue weighted by atomic mass is 10.1. The van der Waals surface area contributed by atoms with Gasteiger partial charge in [0.2, 0.25) is 0 Å². The molecule has 0 radical (unpaired) electrons. The second kappa shape index (κ2) is 7.87. The molecule has 0 aliphatic rings. The number of halogens is 1.